The van der Waals surface area contributed by atoms with E-state index in [1.807, 2.05) is 0 Å². The number of carbonyl (C=O) groups is 1. The van der Waals surface area contributed by atoms with Crippen LogP contribution in [0.3, 0.4) is 0 Å². The molecule has 0 unspecified atom stereocenters. The van der Waals surface area contributed by atoms with E-state index in [2.05, 4.69) is 4.72 Å². The maximum Gasteiger partial charge on any atom is 0.339 e. The van der Waals surface area contributed by atoms with Gasteiger partial charge in [-0.1, -0.05) is 11.6 Å². The predicted molar refractivity (Wildman–Crippen MR) is 69.9 cm³/mol. The van der Waals surface area contributed by atoms with Gasteiger partial charge in [-0.05, 0) is 12.1 Å². The van der Waals surface area contributed by atoms with E-state index in [1.54, 1.807) is 0 Å². The Hall–Kier alpha value is -1.35. The highest BCUT2D eigenvalue weighted by molar-refractivity contribution is 7.89. The summed E-state index contributed by atoms with van der Waals surface area (Å²) in [7, 11) is -2.75. The molecule has 1 aliphatic rings. The highest BCUT2D eigenvalue weighted by Crippen LogP contribution is 2.32. The van der Waals surface area contributed by atoms with Crippen LogP contribution >= 0.6 is 11.6 Å². The Morgan fingerprint density at radius 1 is 1.50 bits per heavy atom. The lowest BCUT2D eigenvalue weighted by Crippen LogP contribution is -2.48. The number of hydrogen-bond donors (Lipinski definition) is 2. The Labute approximate surface area is 120 Å². The molecule has 2 N–H and O–H groups in total. The van der Waals surface area contributed by atoms with Crippen LogP contribution in [0.1, 0.15) is 10.4 Å². The quantitative estimate of drug-likeness (QED) is 0.828. The Morgan fingerprint density at radius 2 is 2.15 bits per heavy atom. The van der Waals surface area contributed by atoms with Gasteiger partial charge in [0.1, 0.15) is 10.5 Å². The standard InChI is InChI=1S/C11H12ClNO6S/c1-18-10-8(11(14)15)2-6(12)3-9(10)20(16,17)13-7-4-19-5-7/h2-3,7,13H,4-5H2,1H3,(H,14,15). The number of aromatic carboxylic acids is 1. The number of benzene rings is 1. The van der Waals surface area contributed by atoms with Gasteiger partial charge in [-0.3, -0.25) is 0 Å². The molecule has 0 radical (unpaired) electrons. The molecule has 0 bridgehead atoms. The van der Waals surface area contributed by atoms with Crippen LogP contribution in [0.15, 0.2) is 17.0 Å². The fourth-order valence-electron chi connectivity index (χ4n) is 1.72. The molecule has 2 rings (SSSR count). The summed E-state index contributed by atoms with van der Waals surface area (Å²) in [5, 5.41) is 9.07. The van der Waals surface area contributed by atoms with Gasteiger partial charge in [0.2, 0.25) is 10.0 Å². The van der Waals surface area contributed by atoms with Crippen molar-refractivity contribution in [3.63, 3.8) is 0 Å². The lowest BCUT2D eigenvalue weighted by atomic mass is 10.2. The van der Waals surface area contributed by atoms with Gasteiger partial charge < -0.3 is 14.6 Å². The molecule has 20 heavy (non-hydrogen) atoms. The molecule has 1 aliphatic heterocycles. The molecule has 1 aromatic rings. The molecule has 0 atom stereocenters. The number of methoxy groups -OCH3 is 1. The minimum absolute atomic E-state index is 0.00608. The van der Waals surface area contributed by atoms with Crippen LogP contribution in [0, 0.1) is 0 Å². The first-order valence-corrected chi connectivity index (χ1v) is 7.42. The van der Waals surface area contributed by atoms with Crippen molar-refractivity contribution >= 4 is 27.6 Å². The van der Waals surface area contributed by atoms with Gasteiger partial charge in [0.05, 0.1) is 26.4 Å². The number of sulfonamides is 1. The van der Waals surface area contributed by atoms with Gasteiger partial charge in [0.25, 0.3) is 0 Å². The highest BCUT2D eigenvalue weighted by Gasteiger charge is 2.30. The topological polar surface area (TPSA) is 102 Å². The van der Waals surface area contributed by atoms with Crippen LogP contribution in [-0.2, 0) is 14.8 Å². The Balaban J connectivity index is 2.51. The molecule has 1 heterocycles. The largest absolute Gasteiger partial charge is 0.494 e. The van der Waals surface area contributed by atoms with E-state index >= 15 is 0 Å². The number of carboxylic acid groups (broad SMARTS) is 1. The number of ether oxygens (including phenoxy) is 2. The molecule has 0 spiro atoms. The van der Waals surface area contributed by atoms with Crippen molar-refractivity contribution in [2.24, 2.45) is 0 Å². The van der Waals surface area contributed by atoms with E-state index in [-0.39, 0.29) is 40.5 Å². The van der Waals surface area contributed by atoms with Gasteiger partial charge in [0, 0.05) is 5.02 Å². The van der Waals surface area contributed by atoms with Gasteiger partial charge in [-0.25, -0.2) is 17.9 Å². The van der Waals surface area contributed by atoms with Gasteiger partial charge >= 0.3 is 5.97 Å². The summed E-state index contributed by atoms with van der Waals surface area (Å²) in [6, 6.07) is 1.94. The summed E-state index contributed by atoms with van der Waals surface area (Å²) in [4.78, 5) is 10.8. The van der Waals surface area contributed by atoms with E-state index < -0.39 is 16.0 Å². The highest BCUT2D eigenvalue weighted by atomic mass is 35.5. The molecule has 9 heteroatoms. The van der Waals surface area contributed by atoms with Crippen LogP contribution in [0.25, 0.3) is 0 Å². The average molecular weight is 322 g/mol. The Bertz CT molecular complexity index is 641. The van der Waals surface area contributed by atoms with Crippen LogP contribution in [0.4, 0.5) is 0 Å². The van der Waals surface area contributed by atoms with Crippen molar-refractivity contribution in [3.8, 4) is 5.75 Å². The molecule has 110 valence electrons. The fraction of sp³-hybridized carbons (Fsp3) is 0.364. The molecule has 0 aromatic heterocycles. The molecular weight excluding hydrogens is 310 g/mol. The van der Waals surface area contributed by atoms with Gasteiger partial charge in [-0.15, -0.1) is 0 Å². The number of nitrogens with one attached hydrogen (secondary N) is 1. The lowest BCUT2D eigenvalue weighted by molar-refractivity contribution is 0.00480. The normalized spacial score (nSPS) is 15.7. The third-order valence-corrected chi connectivity index (χ3v) is 4.45. The summed E-state index contributed by atoms with van der Waals surface area (Å²) >= 11 is 5.78. The molecule has 0 amide bonds. The van der Waals surface area contributed by atoms with Crippen molar-refractivity contribution in [3.05, 3.63) is 22.7 Å². The zero-order chi connectivity index (χ0) is 14.9. The lowest BCUT2D eigenvalue weighted by Gasteiger charge is -2.27. The molecule has 1 aromatic carbocycles. The molecule has 0 saturated carbocycles. The number of rotatable bonds is 5. The van der Waals surface area contributed by atoms with Crippen molar-refractivity contribution in [2.45, 2.75) is 10.9 Å². The first-order chi connectivity index (χ1) is 9.35. The smallest absolute Gasteiger partial charge is 0.339 e. The Morgan fingerprint density at radius 3 is 2.60 bits per heavy atom. The third kappa shape index (κ3) is 2.88. The van der Waals surface area contributed by atoms with E-state index in [0.717, 1.165) is 12.1 Å². The zero-order valence-electron chi connectivity index (χ0n) is 10.4. The molecule has 0 aliphatic carbocycles. The van der Waals surface area contributed by atoms with Crippen molar-refractivity contribution in [1.29, 1.82) is 0 Å². The van der Waals surface area contributed by atoms with Crippen LogP contribution in [-0.4, -0.2) is 45.9 Å². The Kier molecular flexibility index (Phi) is 4.19. The average Bonchev–Trinajstić information content (AvgIpc) is 2.33. The molecule has 1 fully saturated rings. The number of halogens is 1. The fourth-order valence-corrected chi connectivity index (χ4v) is 3.43. The van der Waals surface area contributed by atoms with E-state index in [9.17, 15) is 13.2 Å². The second-order valence-electron chi connectivity index (χ2n) is 4.15. The monoisotopic (exact) mass is 321 g/mol. The van der Waals surface area contributed by atoms with Crippen molar-refractivity contribution in [2.75, 3.05) is 20.3 Å². The molecular formula is C11H12ClNO6S. The molecule has 1 saturated heterocycles. The van der Waals surface area contributed by atoms with Crippen LogP contribution in [0.2, 0.25) is 5.02 Å². The number of carboxylic acids is 1. The van der Waals surface area contributed by atoms with Crippen LogP contribution < -0.4 is 9.46 Å². The minimum Gasteiger partial charge on any atom is -0.494 e. The summed E-state index contributed by atoms with van der Waals surface area (Å²) < 4.78 is 36.7. The van der Waals surface area contributed by atoms with Crippen LogP contribution in [0.5, 0.6) is 5.75 Å². The van der Waals surface area contributed by atoms with Crippen molar-refractivity contribution in [1.82, 2.24) is 4.72 Å². The van der Waals surface area contributed by atoms with E-state index in [1.165, 1.54) is 7.11 Å². The minimum atomic E-state index is -3.94. The summed E-state index contributed by atoms with van der Waals surface area (Å²) in [5.41, 5.74) is -0.315. The number of hydrogen-bond acceptors (Lipinski definition) is 5. The summed E-state index contributed by atoms with van der Waals surface area (Å²) in [6.07, 6.45) is 0. The molecule has 7 nitrogen and oxygen atoms in total. The first-order valence-electron chi connectivity index (χ1n) is 5.56. The maximum atomic E-state index is 12.2. The van der Waals surface area contributed by atoms with Crippen molar-refractivity contribution < 1.29 is 27.8 Å². The third-order valence-electron chi connectivity index (χ3n) is 2.70. The summed E-state index contributed by atoms with van der Waals surface area (Å²) in [5.74, 6) is -1.58. The first kappa shape index (κ1) is 15.0. The second-order valence-corrected chi connectivity index (χ2v) is 6.26. The summed E-state index contributed by atoms with van der Waals surface area (Å²) in [6.45, 7) is 0.543. The van der Waals surface area contributed by atoms with E-state index in [0.29, 0.717) is 0 Å². The predicted octanol–water partition coefficient (Wildman–Crippen LogP) is 0.724. The van der Waals surface area contributed by atoms with E-state index in [4.69, 9.17) is 26.2 Å². The zero-order valence-corrected chi connectivity index (χ0v) is 12.0. The second kappa shape index (κ2) is 5.57. The van der Waals surface area contributed by atoms with Gasteiger partial charge in [-0.2, -0.15) is 0 Å². The SMILES string of the molecule is COc1c(C(=O)O)cc(Cl)cc1S(=O)(=O)NC1COC1. The maximum absolute atomic E-state index is 12.2. The van der Waals surface area contributed by atoms with Gasteiger partial charge in [0.15, 0.2) is 5.75 Å².